The Morgan fingerprint density at radius 3 is 2.39 bits per heavy atom. The third-order valence-corrected chi connectivity index (χ3v) is 3.64. The second-order valence-electron chi connectivity index (χ2n) is 5.39. The molecule has 2 rings (SSSR count). The van der Waals surface area contributed by atoms with Crippen molar-refractivity contribution in [2.24, 2.45) is 5.73 Å². The Kier molecular flexibility index (Phi) is 5.86. The van der Waals surface area contributed by atoms with E-state index in [-0.39, 0.29) is 30.2 Å². The van der Waals surface area contributed by atoms with Crippen LogP contribution >= 0.6 is 0 Å². The van der Waals surface area contributed by atoms with Gasteiger partial charge in [-0.05, 0) is 37.1 Å². The number of nitrogens with zero attached hydrogens (tertiary/aromatic N) is 1. The van der Waals surface area contributed by atoms with E-state index < -0.39 is 6.61 Å². The van der Waals surface area contributed by atoms with E-state index in [1.165, 1.54) is 24.3 Å². The summed E-state index contributed by atoms with van der Waals surface area (Å²) in [6, 6.07) is 5.56. The van der Waals surface area contributed by atoms with Gasteiger partial charge in [-0.1, -0.05) is 0 Å². The predicted octanol–water partition coefficient (Wildman–Crippen LogP) is 0.967. The highest BCUT2D eigenvalue weighted by molar-refractivity contribution is 5.94. The highest BCUT2D eigenvalue weighted by Gasteiger charge is 2.21. The number of nitrogens with two attached hydrogens (primary N) is 1. The SMILES string of the molecule is NC(=O)CN1CCC(NC(=O)c2ccc(OC(F)F)cc2)CC1. The first-order chi connectivity index (χ1) is 10.9. The standard InChI is InChI=1S/C15H19F2N3O3/c16-15(17)23-12-3-1-10(2-4-12)14(22)19-11-5-7-20(8-6-11)9-13(18)21/h1-4,11,15H,5-9H2,(H2,18,21)(H,19,22). The van der Waals surface area contributed by atoms with E-state index in [0.29, 0.717) is 18.7 Å². The van der Waals surface area contributed by atoms with Crippen LogP contribution in [-0.2, 0) is 4.79 Å². The normalized spacial score (nSPS) is 16.3. The molecule has 1 saturated heterocycles. The number of rotatable bonds is 6. The Labute approximate surface area is 132 Å². The van der Waals surface area contributed by atoms with Crippen LogP contribution in [0.5, 0.6) is 5.75 Å². The van der Waals surface area contributed by atoms with Crippen molar-refractivity contribution in [3.05, 3.63) is 29.8 Å². The second-order valence-corrected chi connectivity index (χ2v) is 5.39. The molecule has 0 saturated carbocycles. The summed E-state index contributed by atoms with van der Waals surface area (Å²) in [4.78, 5) is 24.9. The number of likely N-dealkylation sites (tertiary alicyclic amines) is 1. The molecule has 1 aromatic rings. The number of halogens is 2. The second kappa shape index (κ2) is 7.87. The summed E-state index contributed by atoms with van der Waals surface area (Å²) >= 11 is 0. The van der Waals surface area contributed by atoms with Gasteiger partial charge in [0.1, 0.15) is 5.75 Å². The van der Waals surface area contributed by atoms with Gasteiger partial charge in [0.15, 0.2) is 0 Å². The highest BCUT2D eigenvalue weighted by Crippen LogP contribution is 2.16. The zero-order valence-electron chi connectivity index (χ0n) is 12.5. The van der Waals surface area contributed by atoms with Crippen LogP contribution in [0.4, 0.5) is 8.78 Å². The van der Waals surface area contributed by atoms with E-state index in [1.54, 1.807) is 0 Å². The molecule has 0 atom stereocenters. The first-order valence-electron chi connectivity index (χ1n) is 7.30. The van der Waals surface area contributed by atoms with Crippen LogP contribution in [0.3, 0.4) is 0 Å². The summed E-state index contributed by atoms with van der Waals surface area (Å²) in [6.07, 6.45) is 1.46. The van der Waals surface area contributed by atoms with Gasteiger partial charge >= 0.3 is 6.61 Å². The summed E-state index contributed by atoms with van der Waals surface area (Å²) in [7, 11) is 0. The van der Waals surface area contributed by atoms with Crippen molar-refractivity contribution in [1.82, 2.24) is 10.2 Å². The van der Waals surface area contributed by atoms with Gasteiger partial charge in [-0.25, -0.2) is 0 Å². The molecule has 1 aliphatic heterocycles. The molecule has 0 spiro atoms. The number of carbonyl (C=O) groups is 2. The first-order valence-corrected chi connectivity index (χ1v) is 7.30. The van der Waals surface area contributed by atoms with Crippen LogP contribution in [0.25, 0.3) is 0 Å². The fraction of sp³-hybridized carbons (Fsp3) is 0.467. The number of amides is 2. The number of primary amides is 1. The molecule has 1 aliphatic rings. The summed E-state index contributed by atoms with van der Waals surface area (Å²) in [6.45, 7) is -1.28. The van der Waals surface area contributed by atoms with Crippen LogP contribution < -0.4 is 15.8 Å². The molecule has 0 aromatic heterocycles. The summed E-state index contributed by atoms with van der Waals surface area (Å²) in [5.74, 6) is -0.614. The maximum atomic E-state index is 12.1. The molecule has 6 nitrogen and oxygen atoms in total. The monoisotopic (exact) mass is 327 g/mol. The lowest BCUT2D eigenvalue weighted by atomic mass is 10.0. The van der Waals surface area contributed by atoms with Gasteiger partial charge < -0.3 is 15.8 Å². The smallest absolute Gasteiger partial charge is 0.387 e. The lowest BCUT2D eigenvalue weighted by molar-refractivity contribution is -0.119. The molecule has 8 heteroatoms. The average molecular weight is 327 g/mol. The molecule has 1 heterocycles. The number of hydrogen-bond donors (Lipinski definition) is 2. The van der Waals surface area contributed by atoms with Crippen molar-refractivity contribution in [2.75, 3.05) is 19.6 Å². The van der Waals surface area contributed by atoms with Crippen molar-refractivity contribution >= 4 is 11.8 Å². The minimum Gasteiger partial charge on any atom is -0.435 e. The zero-order chi connectivity index (χ0) is 16.8. The summed E-state index contributed by atoms with van der Waals surface area (Å²) < 4.78 is 28.4. The minimum absolute atomic E-state index is 0.0105. The molecular weight excluding hydrogens is 308 g/mol. The number of piperidine rings is 1. The molecule has 0 unspecified atom stereocenters. The third kappa shape index (κ3) is 5.48. The van der Waals surface area contributed by atoms with E-state index in [2.05, 4.69) is 10.1 Å². The molecule has 3 N–H and O–H groups in total. The molecule has 0 bridgehead atoms. The van der Waals surface area contributed by atoms with Crippen molar-refractivity contribution in [1.29, 1.82) is 0 Å². The van der Waals surface area contributed by atoms with Crippen LogP contribution in [0, 0.1) is 0 Å². The third-order valence-electron chi connectivity index (χ3n) is 3.64. The molecule has 2 amide bonds. The highest BCUT2D eigenvalue weighted by atomic mass is 19.3. The Morgan fingerprint density at radius 1 is 1.26 bits per heavy atom. The number of alkyl halides is 2. The molecular formula is C15H19F2N3O3. The largest absolute Gasteiger partial charge is 0.435 e. The van der Waals surface area contributed by atoms with Gasteiger partial charge in [0.2, 0.25) is 5.91 Å². The van der Waals surface area contributed by atoms with Crippen LogP contribution in [0.2, 0.25) is 0 Å². The lowest BCUT2D eigenvalue weighted by Gasteiger charge is -2.31. The predicted molar refractivity (Wildman–Crippen MR) is 79.2 cm³/mol. The maximum Gasteiger partial charge on any atom is 0.387 e. The van der Waals surface area contributed by atoms with Gasteiger partial charge in [-0.2, -0.15) is 8.78 Å². The van der Waals surface area contributed by atoms with Crippen LogP contribution in [0.15, 0.2) is 24.3 Å². The van der Waals surface area contributed by atoms with Crippen molar-refractivity contribution < 1.29 is 23.1 Å². The van der Waals surface area contributed by atoms with Crippen molar-refractivity contribution in [2.45, 2.75) is 25.5 Å². The van der Waals surface area contributed by atoms with Crippen LogP contribution in [0.1, 0.15) is 23.2 Å². The van der Waals surface area contributed by atoms with Gasteiger partial charge in [0, 0.05) is 24.7 Å². The maximum absolute atomic E-state index is 12.1. The fourth-order valence-electron chi connectivity index (χ4n) is 2.51. The first kappa shape index (κ1) is 17.1. The molecule has 0 radical (unpaired) electrons. The van der Waals surface area contributed by atoms with Crippen LogP contribution in [-0.4, -0.2) is 49.0 Å². The van der Waals surface area contributed by atoms with E-state index in [9.17, 15) is 18.4 Å². The molecule has 1 fully saturated rings. The number of hydrogen-bond acceptors (Lipinski definition) is 4. The molecule has 126 valence electrons. The molecule has 0 aliphatic carbocycles. The van der Waals surface area contributed by atoms with E-state index in [0.717, 1.165) is 12.8 Å². The van der Waals surface area contributed by atoms with E-state index >= 15 is 0 Å². The van der Waals surface area contributed by atoms with E-state index in [1.807, 2.05) is 4.90 Å². The number of ether oxygens (including phenoxy) is 1. The van der Waals surface area contributed by atoms with Crippen molar-refractivity contribution in [3.8, 4) is 5.75 Å². The van der Waals surface area contributed by atoms with Gasteiger partial charge in [-0.15, -0.1) is 0 Å². The average Bonchev–Trinajstić information content (AvgIpc) is 2.49. The minimum atomic E-state index is -2.89. The summed E-state index contributed by atoms with van der Waals surface area (Å²) in [5, 5.41) is 2.90. The zero-order valence-corrected chi connectivity index (χ0v) is 12.5. The quantitative estimate of drug-likeness (QED) is 0.815. The summed E-state index contributed by atoms with van der Waals surface area (Å²) in [5.41, 5.74) is 5.53. The lowest BCUT2D eigenvalue weighted by Crippen LogP contribution is -2.46. The topological polar surface area (TPSA) is 84.7 Å². The van der Waals surface area contributed by atoms with Crippen molar-refractivity contribution in [3.63, 3.8) is 0 Å². The number of benzene rings is 1. The number of nitrogens with one attached hydrogen (secondary N) is 1. The Balaban J connectivity index is 1.82. The Morgan fingerprint density at radius 2 is 1.87 bits per heavy atom. The van der Waals surface area contributed by atoms with Gasteiger partial charge in [0.05, 0.1) is 6.54 Å². The Hall–Kier alpha value is -2.22. The molecule has 23 heavy (non-hydrogen) atoms. The number of carbonyl (C=O) groups excluding carboxylic acids is 2. The van der Waals surface area contributed by atoms with Gasteiger partial charge in [-0.3, -0.25) is 14.5 Å². The Bertz CT molecular complexity index is 543. The van der Waals surface area contributed by atoms with E-state index in [4.69, 9.17) is 5.73 Å². The fourth-order valence-corrected chi connectivity index (χ4v) is 2.51. The molecule has 1 aromatic carbocycles. The van der Waals surface area contributed by atoms with Gasteiger partial charge in [0.25, 0.3) is 5.91 Å².